The molecule has 0 saturated carbocycles. The van der Waals surface area contributed by atoms with Gasteiger partial charge < -0.3 is 9.80 Å². The molecule has 2 heteroatoms. The molecule has 0 N–H and O–H groups in total. The Bertz CT molecular complexity index is 740. The van der Waals surface area contributed by atoms with Crippen molar-refractivity contribution >= 4 is 11.4 Å². The van der Waals surface area contributed by atoms with Crippen LogP contribution >= 0.6 is 0 Å². The second-order valence-electron chi connectivity index (χ2n) is 8.34. The zero-order valence-electron chi connectivity index (χ0n) is 17.4. The molecule has 0 spiro atoms. The average Bonchev–Trinajstić information content (AvgIpc) is 3.02. The minimum atomic E-state index is 0.522. The number of hydrogen-bond donors (Lipinski definition) is 0. The van der Waals surface area contributed by atoms with Crippen molar-refractivity contribution < 1.29 is 0 Å². The van der Waals surface area contributed by atoms with E-state index in [9.17, 15) is 0 Å². The molecule has 1 heterocycles. The summed E-state index contributed by atoms with van der Waals surface area (Å²) >= 11 is 0. The fourth-order valence-electron chi connectivity index (χ4n) is 4.31. The third-order valence-electron chi connectivity index (χ3n) is 5.41. The lowest BCUT2D eigenvalue weighted by Crippen LogP contribution is -2.22. The lowest BCUT2D eigenvalue weighted by Gasteiger charge is -2.29. The normalized spacial score (nSPS) is 14.8. The molecule has 0 unspecified atom stereocenters. The summed E-state index contributed by atoms with van der Waals surface area (Å²) in [6.07, 6.45) is 0. The van der Waals surface area contributed by atoms with Gasteiger partial charge >= 0.3 is 0 Å². The molecule has 2 nitrogen and oxygen atoms in total. The van der Waals surface area contributed by atoms with E-state index < -0.39 is 0 Å². The predicted molar refractivity (Wildman–Crippen MR) is 114 cm³/mol. The Labute approximate surface area is 159 Å². The Morgan fingerprint density at radius 2 is 1.19 bits per heavy atom. The maximum atomic E-state index is 2.48. The van der Waals surface area contributed by atoms with Gasteiger partial charge in [-0.3, -0.25) is 0 Å². The smallest absolute Gasteiger partial charge is 0.142 e. The summed E-state index contributed by atoms with van der Waals surface area (Å²) in [7, 11) is 0. The molecule has 0 aromatic heterocycles. The van der Waals surface area contributed by atoms with Crippen LogP contribution in [0.2, 0.25) is 0 Å². The number of anilines is 2. The van der Waals surface area contributed by atoms with E-state index in [0.717, 1.165) is 13.1 Å². The summed E-state index contributed by atoms with van der Waals surface area (Å²) in [6.45, 7) is 20.2. The Morgan fingerprint density at radius 3 is 1.65 bits per heavy atom. The van der Waals surface area contributed by atoms with Gasteiger partial charge in [-0.05, 0) is 54.9 Å². The number of rotatable bonds is 4. The maximum absolute atomic E-state index is 2.48. The molecule has 1 fully saturated rings. The van der Waals surface area contributed by atoms with E-state index in [1.807, 2.05) is 0 Å². The molecule has 26 heavy (non-hydrogen) atoms. The molecule has 0 amide bonds. The first-order chi connectivity index (χ1) is 12.3. The highest BCUT2D eigenvalue weighted by atomic mass is 15.4. The minimum absolute atomic E-state index is 0.522. The highest BCUT2D eigenvalue weighted by molar-refractivity contribution is 5.69. The fourth-order valence-corrected chi connectivity index (χ4v) is 4.31. The van der Waals surface area contributed by atoms with E-state index in [1.165, 1.54) is 39.2 Å². The number of hydrogen-bond acceptors (Lipinski definition) is 2. The molecule has 0 bridgehead atoms. The highest BCUT2D eigenvalue weighted by Gasteiger charge is 2.28. The van der Waals surface area contributed by atoms with Crippen LogP contribution in [0.15, 0.2) is 30.3 Å². The van der Waals surface area contributed by atoms with Gasteiger partial charge in [-0.1, -0.05) is 63.6 Å². The van der Waals surface area contributed by atoms with Crippen molar-refractivity contribution in [3.05, 3.63) is 64.8 Å². The predicted octanol–water partition coefficient (Wildman–Crippen LogP) is 6.30. The third kappa shape index (κ3) is 3.47. The summed E-state index contributed by atoms with van der Waals surface area (Å²) in [5.41, 5.74) is 9.75. The number of nitrogens with zero attached hydrogens (tertiary/aromatic N) is 2. The monoisotopic (exact) mass is 349 g/mol. The van der Waals surface area contributed by atoms with Gasteiger partial charge in [-0.25, -0.2) is 0 Å². The standard InChI is InChI=1S/C24H33N2/c1-16(2)21-9-8-10-22(17(3)4)24(21)26-12-11-25(15-26)23-19(6)13-18(5)14-20(23)7/h8-10,13-17H,11-12H2,1-7H3. The van der Waals surface area contributed by atoms with Crippen LogP contribution in [0.4, 0.5) is 11.4 Å². The molecular weight excluding hydrogens is 316 g/mol. The quantitative estimate of drug-likeness (QED) is 0.638. The van der Waals surface area contributed by atoms with E-state index in [0.29, 0.717) is 11.8 Å². The van der Waals surface area contributed by atoms with Crippen LogP contribution < -0.4 is 9.80 Å². The van der Waals surface area contributed by atoms with E-state index in [2.05, 4.69) is 95.3 Å². The lowest BCUT2D eigenvalue weighted by molar-refractivity contribution is 0.818. The number of para-hydroxylation sites is 1. The van der Waals surface area contributed by atoms with Crippen molar-refractivity contribution in [3.8, 4) is 0 Å². The van der Waals surface area contributed by atoms with Crippen LogP contribution in [0, 0.1) is 27.4 Å². The molecule has 0 aliphatic carbocycles. The Kier molecular flexibility index (Phi) is 5.32. The van der Waals surface area contributed by atoms with Crippen LogP contribution in [0.3, 0.4) is 0 Å². The zero-order chi connectivity index (χ0) is 19.0. The molecule has 1 radical (unpaired) electrons. The van der Waals surface area contributed by atoms with E-state index in [-0.39, 0.29) is 0 Å². The van der Waals surface area contributed by atoms with Gasteiger partial charge in [-0.15, -0.1) is 0 Å². The van der Waals surface area contributed by atoms with Gasteiger partial charge in [0.1, 0.15) is 6.67 Å². The van der Waals surface area contributed by atoms with Crippen molar-refractivity contribution in [3.63, 3.8) is 0 Å². The Morgan fingerprint density at radius 1 is 0.731 bits per heavy atom. The Balaban J connectivity index is 1.97. The summed E-state index contributed by atoms with van der Waals surface area (Å²) in [5, 5.41) is 0. The van der Waals surface area contributed by atoms with E-state index >= 15 is 0 Å². The molecule has 139 valence electrons. The molecule has 1 aliphatic rings. The fraction of sp³-hybridized carbons (Fsp3) is 0.458. The van der Waals surface area contributed by atoms with Crippen LogP contribution in [-0.2, 0) is 0 Å². The van der Waals surface area contributed by atoms with E-state index in [1.54, 1.807) is 0 Å². The largest absolute Gasteiger partial charge is 0.346 e. The van der Waals surface area contributed by atoms with Crippen LogP contribution in [0.1, 0.15) is 67.3 Å². The third-order valence-corrected chi connectivity index (χ3v) is 5.41. The molecular formula is C24H33N2. The number of aryl methyl sites for hydroxylation is 3. The topological polar surface area (TPSA) is 6.48 Å². The zero-order valence-corrected chi connectivity index (χ0v) is 17.4. The minimum Gasteiger partial charge on any atom is -0.346 e. The molecule has 0 atom stereocenters. The van der Waals surface area contributed by atoms with Gasteiger partial charge in [0.05, 0.1) is 0 Å². The first-order valence-corrected chi connectivity index (χ1v) is 9.88. The first kappa shape index (κ1) is 18.8. The lowest BCUT2D eigenvalue weighted by atomic mass is 9.92. The van der Waals surface area contributed by atoms with Crippen molar-refractivity contribution in [2.24, 2.45) is 0 Å². The number of benzene rings is 2. The van der Waals surface area contributed by atoms with Gasteiger partial charge in [0.15, 0.2) is 0 Å². The SMILES string of the molecule is Cc1cc(C)c(N2[CH]N(c3c(C(C)C)cccc3C(C)C)CC2)c(C)c1. The van der Waals surface area contributed by atoms with Gasteiger partial charge in [0.25, 0.3) is 0 Å². The first-order valence-electron chi connectivity index (χ1n) is 9.88. The molecule has 1 saturated heterocycles. The molecule has 2 aromatic rings. The van der Waals surface area contributed by atoms with Crippen molar-refractivity contribution in [2.45, 2.75) is 60.3 Å². The van der Waals surface area contributed by atoms with Gasteiger partial charge in [0.2, 0.25) is 0 Å². The van der Waals surface area contributed by atoms with Gasteiger partial charge in [0, 0.05) is 24.5 Å². The van der Waals surface area contributed by atoms with E-state index in [4.69, 9.17) is 0 Å². The molecule has 2 aromatic carbocycles. The summed E-state index contributed by atoms with van der Waals surface area (Å²) in [4.78, 5) is 4.91. The summed E-state index contributed by atoms with van der Waals surface area (Å²) in [6, 6.07) is 11.4. The van der Waals surface area contributed by atoms with Gasteiger partial charge in [-0.2, -0.15) is 0 Å². The molecule has 1 aliphatic heterocycles. The second kappa shape index (κ2) is 7.34. The van der Waals surface area contributed by atoms with Crippen LogP contribution in [-0.4, -0.2) is 13.1 Å². The van der Waals surface area contributed by atoms with Crippen molar-refractivity contribution in [1.29, 1.82) is 0 Å². The summed E-state index contributed by atoms with van der Waals surface area (Å²) in [5.74, 6) is 1.04. The average molecular weight is 350 g/mol. The van der Waals surface area contributed by atoms with Crippen LogP contribution in [0.5, 0.6) is 0 Å². The molecule has 3 rings (SSSR count). The second-order valence-corrected chi connectivity index (χ2v) is 8.34. The highest BCUT2D eigenvalue weighted by Crippen LogP contribution is 2.39. The Hall–Kier alpha value is -1.96. The maximum Gasteiger partial charge on any atom is 0.142 e. The van der Waals surface area contributed by atoms with Crippen LogP contribution in [0.25, 0.3) is 0 Å². The summed E-state index contributed by atoms with van der Waals surface area (Å²) < 4.78 is 0. The van der Waals surface area contributed by atoms with Crippen molar-refractivity contribution in [2.75, 3.05) is 22.9 Å². The van der Waals surface area contributed by atoms with Crippen molar-refractivity contribution in [1.82, 2.24) is 0 Å².